The van der Waals surface area contributed by atoms with E-state index in [0.717, 1.165) is 47.1 Å². The van der Waals surface area contributed by atoms with Gasteiger partial charge in [-0.1, -0.05) is 84.0 Å². The summed E-state index contributed by atoms with van der Waals surface area (Å²) in [5.41, 5.74) is 6.84. The number of aromatic nitrogens is 1. The minimum atomic E-state index is -0.710. The lowest BCUT2D eigenvalue weighted by molar-refractivity contribution is -0.138. The fraction of sp³-hybridized carbons (Fsp3) is 0.267. The van der Waals surface area contributed by atoms with Crippen LogP contribution in [0.2, 0.25) is 0 Å². The van der Waals surface area contributed by atoms with Crippen molar-refractivity contribution in [1.29, 1.82) is 0 Å². The fourth-order valence-electron chi connectivity index (χ4n) is 4.84. The van der Waals surface area contributed by atoms with Crippen LogP contribution in [0.25, 0.3) is 22.5 Å². The molecule has 1 aromatic heterocycles. The summed E-state index contributed by atoms with van der Waals surface area (Å²) in [5, 5.41) is 24.2. The van der Waals surface area contributed by atoms with Gasteiger partial charge in [0.25, 0.3) is 0 Å². The molecule has 5 heteroatoms. The van der Waals surface area contributed by atoms with E-state index in [1.54, 1.807) is 0 Å². The molecule has 5 rings (SSSR count). The van der Waals surface area contributed by atoms with E-state index in [-0.39, 0.29) is 11.8 Å². The van der Waals surface area contributed by atoms with Gasteiger partial charge in [-0.3, -0.25) is 4.79 Å². The molecule has 2 N–H and O–H groups in total. The number of rotatable bonds is 9. The smallest absolute Gasteiger partial charge is 0.307 e. The molecule has 0 amide bonds. The number of aryl methyl sites for hydroxylation is 2. The summed E-state index contributed by atoms with van der Waals surface area (Å²) < 4.78 is 5.63. The SMILES string of the molecule is Cc1noc(-c2ccc(-c3ccc(C4C[C@H]4C(=O)O)cc3)cc2)c1C(O)CCCc1ccccc1. The van der Waals surface area contributed by atoms with E-state index in [4.69, 9.17) is 9.63 Å². The number of aliphatic carboxylic acids is 1. The Hall–Kier alpha value is -3.70. The van der Waals surface area contributed by atoms with Crippen molar-refractivity contribution in [3.8, 4) is 22.5 Å². The van der Waals surface area contributed by atoms with E-state index in [1.807, 2.05) is 73.7 Å². The van der Waals surface area contributed by atoms with Crippen molar-refractivity contribution < 1.29 is 19.5 Å². The normalized spacial score (nSPS) is 17.8. The third-order valence-electron chi connectivity index (χ3n) is 6.95. The van der Waals surface area contributed by atoms with Crippen molar-refractivity contribution in [2.24, 2.45) is 5.92 Å². The zero-order valence-corrected chi connectivity index (χ0v) is 19.7. The minimum Gasteiger partial charge on any atom is -0.481 e. The number of carbonyl (C=O) groups is 1. The van der Waals surface area contributed by atoms with Crippen LogP contribution < -0.4 is 0 Å². The molecule has 0 spiro atoms. The van der Waals surface area contributed by atoms with Gasteiger partial charge in [0.1, 0.15) is 0 Å². The molecule has 4 aromatic rings. The van der Waals surface area contributed by atoms with E-state index in [9.17, 15) is 9.90 Å². The number of carboxylic acid groups (broad SMARTS) is 1. The zero-order chi connectivity index (χ0) is 24.4. The van der Waals surface area contributed by atoms with Crippen LogP contribution in [0.3, 0.4) is 0 Å². The number of benzene rings is 3. The Morgan fingerprint density at radius 2 is 1.60 bits per heavy atom. The van der Waals surface area contributed by atoms with Crippen molar-refractivity contribution >= 4 is 5.97 Å². The second-order valence-corrected chi connectivity index (χ2v) is 9.39. The summed E-state index contributed by atoms with van der Waals surface area (Å²) in [5.74, 6) is -0.201. The molecule has 3 aromatic carbocycles. The van der Waals surface area contributed by atoms with Crippen molar-refractivity contribution in [3.63, 3.8) is 0 Å². The highest BCUT2D eigenvalue weighted by Gasteiger charge is 2.44. The third kappa shape index (κ3) is 5.05. The average molecular weight is 468 g/mol. The van der Waals surface area contributed by atoms with Crippen LogP contribution in [0.15, 0.2) is 83.4 Å². The topological polar surface area (TPSA) is 83.6 Å². The molecule has 1 aliphatic rings. The lowest BCUT2D eigenvalue weighted by Gasteiger charge is -2.12. The molecule has 1 heterocycles. The van der Waals surface area contributed by atoms with Crippen molar-refractivity contribution in [2.75, 3.05) is 0 Å². The van der Waals surface area contributed by atoms with Crippen LogP contribution in [-0.2, 0) is 11.2 Å². The maximum atomic E-state index is 11.1. The maximum absolute atomic E-state index is 11.1. The highest BCUT2D eigenvalue weighted by Crippen LogP contribution is 2.47. The molecule has 178 valence electrons. The number of hydrogen-bond acceptors (Lipinski definition) is 4. The fourth-order valence-corrected chi connectivity index (χ4v) is 4.84. The zero-order valence-electron chi connectivity index (χ0n) is 19.7. The first-order valence-corrected chi connectivity index (χ1v) is 12.1. The molecule has 35 heavy (non-hydrogen) atoms. The number of aliphatic hydroxyl groups is 1. The summed E-state index contributed by atoms with van der Waals surface area (Å²) in [6.07, 6.45) is 2.52. The number of hydrogen-bond donors (Lipinski definition) is 2. The van der Waals surface area contributed by atoms with Crippen LogP contribution in [0, 0.1) is 12.8 Å². The lowest BCUT2D eigenvalue weighted by Crippen LogP contribution is -2.01. The largest absolute Gasteiger partial charge is 0.481 e. The molecule has 1 fully saturated rings. The molecule has 0 bridgehead atoms. The molecule has 2 unspecified atom stereocenters. The van der Waals surface area contributed by atoms with Crippen LogP contribution in [-0.4, -0.2) is 21.3 Å². The molecular weight excluding hydrogens is 438 g/mol. The quantitative estimate of drug-likeness (QED) is 0.291. The van der Waals surface area contributed by atoms with E-state index in [1.165, 1.54) is 5.56 Å². The first-order chi connectivity index (χ1) is 17.0. The Labute approximate surface area is 205 Å². The predicted octanol–water partition coefficient (Wildman–Crippen LogP) is 6.56. The van der Waals surface area contributed by atoms with Crippen LogP contribution in [0.5, 0.6) is 0 Å². The predicted molar refractivity (Wildman–Crippen MR) is 135 cm³/mol. The summed E-state index contributed by atoms with van der Waals surface area (Å²) in [7, 11) is 0. The minimum absolute atomic E-state index is 0.135. The van der Waals surface area contributed by atoms with Crippen LogP contribution in [0.4, 0.5) is 0 Å². The third-order valence-corrected chi connectivity index (χ3v) is 6.95. The Bertz CT molecular complexity index is 1290. The molecule has 3 atom stereocenters. The molecule has 0 radical (unpaired) electrons. The maximum Gasteiger partial charge on any atom is 0.307 e. The summed E-state index contributed by atoms with van der Waals surface area (Å²) >= 11 is 0. The van der Waals surface area contributed by atoms with Crippen LogP contribution in [0.1, 0.15) is 53.7 Å². The van der Waals surface area contributed by atoms with Gasteiger partial charge in [-0.05, 0) is 60.8 Å². The van der Waals surface area contributed by atoms with Gasteiger partial charge in [-0.15, -0.1) is 0 Å². The average Bonchev–Trinajstić information content (AvgIpc) is 3.60. The Balaban J connectivity index is 1.27. The summed E-state index contributed by atoms with van der Waals surface area (Å²) in [6, 6.07) is 26.5. The monoisotopic (exact) mass is 467 g/mol. The summed E-state index contributed by atoms with van der Waals surface area (Å²) in [4.78, 5) is 11.1. The van der Waals surface area contributed by atoms with Crippen molar-refractivity contribution in [2.45, 2.75) is 44.6 Å². The highest BCUT2D eigenvalue weighted by atomic mass is 16.5. The van der Waals surface area contributed by atoms with Gasteiger partial charge in [-0.2, -0.15) is 0 Å². The van der Waals surface area contributed by atoms with Gasteiger partial charge in [0.05, 0.1) is 23.3 Å². The van der Waals surface area contributed by atoms with Crippen molar-refractivity contribution in [3.05, 3.63) is 101 Å². The molecule has 5 nitrogen and oxygen atoms in total. The second-order valence-electron chi connectivity index (χ2n) is 9.39. The second kappa shape index (κ2) is 9.88. The standard InChI is InChI=1S/C30H29NO4/c1-19-28(27(32)9-5-8-20-6-3-2-4-7-20)29(35-31-19)24-16-12-22(13-17-24)21-10-14-23(15-11-21)25-18-26(25)30(33)34/h2-4,6-7,10-17,25-27,32H,5,8-9,18H2,1H3,(H,33,34)/t25?,26-,27?/m1/s1. The molecule has 0 aliphatic heterocycles. The van der Waals surface area contributed by atoms with Gasteiger partial charge < -0.3 is 14.7 Å². The number of aliphatic hydroxyl groups excluding tert-OH is 1. The lowest BCUT2D eigenvalue weighted by atomic mass is 9.96. The molecule has 0 saturated heterocycles. The van der Waals surface area contributed by atoms with E-state index >= 15 is 0 Å². The molecular formula is C30H29NO4. The van der Waals surface area contributed by atoms with E-state index < -0.39 is 12.1 Å². The van der Waals surface area contributed by atoms with E-state index in [0.29, 0.717) is 17.9 Å². The van der Waals surface area contributed by atoms with Gasteiger partial charge in [0, 0.05) is 5.56 Å². The first-order valence-electron chi connectivity index (χ1n) is 12.1. The molecule has 1 aliphatic carbocycles. The Morgan fingerprint density at radius 1 is 0.971 bits per heavy atom. The number of nitrogens with zero attached hydrogens (tertiary/aromatic N) is 1. The summed E-state index contributed by atoms with van der Waals surface area (Å²) in [6.45, 7) is 1.87. The van der Waals surface area contributed by atoms with Gasteiger partial charge in [-0.25, -0.2) is 0 Å². The van der Waals surface area contributed by atoms with E-state index in [2.05, 4.69) is 17.3 Å². The van der Waals surface area contributed by atoms with Crippen molar-refractivity contribution in [1.82, 2.24) is 5.16 Å². The number of carboxylic acids is 1. The highest BCUT2D eigenvalue weighted by molar-refractivity contribution is 5.75. The van der Waals surface area contributed by atoms with Gasteiger partial charge in [0.2, 0.25) is 0 Å². The first kappa shape index (κ1) is 23.1. The Kier molecular flexibility index (Phi) is 6.51. The van der Waals surface area contributed by atoms with Gasteiger partial charge in [0.15, 0.2) is 5.76 Å². The molecule has 1 saturated carbocycles. The Morgan fingerprint density at radius 3 is 2.23 bits per heavy atom. The van der Waals surface area contributed by atoms with Gasteiger partial charge >= 0.3 is 5.97 Å². The van der Waals surface area contributed by atoms with Crippen LogP contribution >= 0.6 is 0 Å².